The Balaban J connectivity index is 2.38. The lowest BCUT2D eigenvalue weighted by Crippen LogP contribution is -1.97. The van der Waals surface area contributed by atoms with E-state index < -0.39 is 0 Å². The Morgan fingerprint density at radius 3 is 2.58 bits per heavy atom. The lowest BCUT2D eigenvalue weighted by molar-refractivity contribution is 0.920. The first-order chi connectivity index (χ1) is 9.08. The number of aromatic nitrogens is 3. The lowest BCUT2D eigenvalue weighted by Gasteiger charge is -2.09. The fourth-order valence-corrected chi connectivity index (χ4v) is 2.82. The minimum atomic E-state index is 0.311. The molecule has 0 spiro atoms. The number of nitrogens with zero attached hydrogens (tertiary/aromatic N) is 3. The largest absolute Gasteiger partial charge is 0.216 e. The maximum atomic E-state index is 6.38. The molecule has 0 aliphatic rings. The van der Waals surface area contributed by atoms with Crippen molar-refractivity contribution in [2.75, 3.05) is 0 Å². The molecule has 0 N–H and O–H groups in total. The highest BCUT2D eigenvalue weighted by Gasteiger charge is 2.17. The van der Waals surface area contributed by atoms with Crippen LogP contribution in [-0.2, 0) is 0 Å². The highest BCUT2D eigenvalue weighted by atomic mass is 35.5. The molecule has 0 saturated carbocycles. The molecule has 19 heavy (non-hydrogen) atoms. The number of aryl methyl sites for hydroxylation is 1. The molecule has 0 fully saturated rings. The fourth-order valence-electron chi connectivity index (χ4n) is 1.94. The van der Waals surface area contributed by atoms with Gasteiger partial charge in [-0.05, 0) is 13.0 Å². The summed E-state index contributed by atoms with van der Waals surface area (Å²) in [6.07, 6.45) is 0. The summed E-state index contributed by atoms with van der Waals surface area (Å²) in [5.41, 5.74) is 2.76. The number of fused-ring (bicyclic) bond motifs is 1. The number of hydrogen-bond donors (Lipinski definition) is 0. The molecular formula is C13H8Cl3N3. The first kappa shape index (κ1) is 12.7. The minimum Gasteiger partial charge on any atom is -0.216 e. The van der Waals surface area contributed by atoms with Crippen LogP contribution in [0.25, 0.3) is 16.8 Å². The maximum Gasteiger partial charge on any atom is 0.158 e. The summed E-state index contributed by atoms with van der Waals surface area (Å²) in [6.45, 7) is 1.87. The van der Waals surface area contributed by atoms with Gasteiger partial charge in [0.05, 0.1) is 11.3 Å². The summed E-state index contributed by atoms with van der Waals surface area (Å²) in [6, 6.07) is 9.15. The van der Waals surface area contributed by atoms with Gasteiger partial charge in [-0.1, -0.05) is 53.0 Å². The van der Waals surface area contributed by atoms with Gasteiger partial charge in [0.15, 0.2) is 5.65 Å². The Morgan fingerprint density at radius 1 is 1.11 bits per heavy atom. The summed E-state index contributed by atoms with van der Waals surface area (Å²) in [5.74, 6) is 0. The van der Waals surface area contributed by atoms with Crippen molar-refractivity contribution in [2.45, 2.75) is 6.92 Å². The van der Waals surface area contributed by atoms with Crippen molar-refractivity contribution in [3.8, 4) is 11.1 Å². The van der Waals surface area contributed by atoms with Gasteiger partial charge in [-0.2, -0.15) is 5.10 Å². The molecule has 0 amide bonds. The SMILES string of the molecule is Cc1cc2nc(Cl)c(-c3ccccc3Cl)c(Cl)n2n1. The van der Waals surface area contributed by atoms with E-state index in [4.69, 9.17) is 34.8 Å². The van der Waals surface area contributed by atoms with Gasteiger partial charge in [-0.3, -0.25) is 0 Å². The van der Waals surface area contributed by atoms with Gasteiger partial charge in [0.1, 0.15) is 10.3 Å². The number of hydrogen-bond acceptors (Lipinski definition) is 2. The zero-order chi connectivity index (χ0) is 13.6. The van der Waals surface area contributed by atoms with Gasteiger partial charge in [-0.25, -0.2) is 9.50 Å². The Morgan fingerprint density at radius 2 is 1.84 bits per heavy atom. The molecule has 0 radical (unpaired) electrons. The van der Waals surface area contributed by atoms with E-state index in [1.807, 2.05) is 31.2 Å². The van der Waals surface area contributed by atoms with Crippen LogP contribution in [0.4, 0.5) is 0 Å². The normalized spacial score (nSPS) is 11.2. The summed E-state index contributed by atoms with van der Waals surface area (Å²) in [5, 5.41) is 5.57. The van der Waals surface area contributed by atoms with Gasteiger partial charge in [0.25, 0.3) is 0 Å². The number of halogens is 3. The molecule has 6 heteroatoms. The maximum absolute atomic E-state index is 6.38. The second-order valence-electron chi connectivity index (χ2n) is 4.10. The average Bonchev–Trinajstić information content (AvgIpc) is 2.72. The third kappa shape index (κ3) is 2.08. The van der Waals surface area contributed by atoms with Crippen molar-refractivity contribution >= 4 is 40.4 Å². The average molecular weight is 313 g/mol. The molecule has 2 aromatic heterocycles. The fraction of sp³-hybridized carbons (Fsp3) is 0.0769. The van der Waals surface area contributed by atoms with Gasteiger partial charge >= 0.3 is 0 Å². The van der Waals surface area contributed by atoms with E-state index in [0.717, 1.165) is 11.3 Å². The van der Waals surface area contributed by atoms with Crippen molar-refractivity contribution in [3.63, 3.8) is 0 Å². The molecule has 3 nitrogen and oxygen atoms in total. The van der Waals surface area contributed by atoms with E-state index in [9.17, 15) is 0 Å². The van der Waals surface area contributed by atoms with Crippen LogP contribution in [0.5, 0.6) is 0 Å². The summed E-state index contributed by atoms with van der Waals surface area (Å²) in [7, 11) is 0. The minimum absolute atomic E-state index is 0.311. The molecular weight excluding hydrogens is 305 g/mol. The van der Waals surface area contributed by atoms with E-state index in [1.165, 1.54) is 0 Å². The van der Waals surface area contributed by atoms with Crippen molar-refractivity contribution in [2.24, 2.45) is 0 Å². The monoisotopic (exact) mass is 311 g/mol. The van der Waals surface area contributed by atoms with Crippen molar-refractivity contribution in [1.29, 1.82) is 0 Å². The van der Waals surface area contributed by atoms with Crippen LogP contribution in [0.15, 0.2) is 30.3 Å². The van der Waals surface area contributed by atoms with E-state index in [0.29, 0.717) is 26.5 Å². The standard InChI is InChI=1S/C13H8Cl3N3/c1-7-6-10-17-12(15)11(13(16)19(10)18-7)8-4-2-3-5-9(8)14/h2-6H,1H3. The molecule has 0 bridgehead atoms. The predicted octanol–water partition coefficient (Wildman–Crippen LogP) is 4.66. The molecule has 1 aromatic carbocycles. The van der Waals surface area contributed by atoms with Crippen LogP contribution in [0.1, 0.15) is 5.69 Å². The van der Waals surface area contributed by atoms with Gasteiger partial charge < -0.3 is 0 Å². The third-order valence-corrected chi connectivity index (χ3v) is 3.72. The Hall–Kier alpha value is -1.29. The van der Waals surface area contributed by atoms with E-state index in [1.54, 1.807) is 10.6 Å². The van der Waals surface area contributed by atoms with Gasteiger partial charge in [0.2, 0.25) is 0 Å². The molecule has 0 atom stereocenters. The highest BCUT2D eigenvalue weighted by Crippen LogP contribution is 2.37. The second-order valence-corrected chi connectivity index (χ2v) is 5.23. The smallest absolute Gasteiger partial charge is 0.158 e. The van der Waals surface area contributed by atoms with E-state index >= 15 is 0 Å². The van der Waals surface area contributed by atoms with E-state index in [2.05, 4.69) is 10.1 Å². The number of benzene rings is 1. The van der Waals surface area contributed by atoms with Crippen molar-refractivity contribution < 1.29 is 0 Å². The summed E-state index contributed by atoms with van der Waals surface area (Å²) < 4.78 is 1.56. The molecule has 2 heterocycles. The second kappa shape index (κ2) is 4.67. The first-order valence-electron chi connectivity index (χ1n) is 5.54. The molecule has 0 aliphatic carbocycles. The summed E-state index contributed by atoms with van der Waals surface area (Å²) in [4.78, 5) is 4.30. The van der Waals surface area contributed by atoms with Gasteiger partial charge in [-0.15, -0.1) is 0 Å². The zero-order valence-electron chi connectivity index (χ0n) is 9.86. The van der Waals surface area contributed by atoms with Crippen molar-refractivity contribution in [3.05, 3.63) is 51.4 Å². The Kier molecular flexibility index (Phi) is 3.13. The highest BCUT2D eigenvalue weighted by molar-refractivity contribution is 6.40. The van der Waals surface area contributed by atoms with Crippen LogP contribution in [0.3, 0.4) is 0 Å². The van der Waals surface area contributed by atoms with Crippen LogP contribution in [0.2, 0.25) is 15.3 Å². The zero-order valence-corrected chi connectivity index (χ0v) is 12.1. The first-order valence-corrected chi connectivity index (χ1v) is 6.67. The Bertz CT molecular complexity index is 780. The molecule has 3 aromatic rings. The van der Waals surface area contributed by atoms with Gasteiger partial charge in [0, 0.05) is 16.7 Å². The van der Waals surface area contributed by atoms with Crippen LogP contribution >= 0.6 is 34.8 Å². The molecule has 0 saturated heterocycles. The molecule has 3 rings (SSSR count). The van der Waals surface area contributed by atoms with Crippen LogP contribution in [-0.4, -0.2) is 14.6 Å². The predicted molar refractivity (Wildman–Crippen MR) is 78.2 cm³/mol. The molecule has 0 unspecified atom stereocenters. The molecule has 0 aliphatic heterocycles. The van der Waals surface area contributed by atoms with E-state index in [-0.39, 0.29) is 0 Å². The molecule has 96 valence electrons. The topological polar surface area (TPSA) is 30.2 Å². The van der Waals surface area contributed by atoms with Crippen LogP contribution in [0, 0.1) is 6.92 Å². The Labute approximate surface area is 124 Å². The third-order valence-electron chi connectivity index (χ3n) is 2.77. The van der Waals surface area contributed by atoms with Crippen molar-refractivity contribution in [1.82, 2.24) is 14.6 Å². The number of rotatable bonds is 1. The quantitative estimate of drug-likeness (QED) is 0.611. The van der Waals surface area contributed by atoms with Crippen LogP contribution < -0.4 is 0 Å². The lowest BCUT2D eigenvalue weighted by atomic mass is 10.1. The summed E-state index contributed by atoms with van der Waals surface area (Å²) >= 11 is 18.8.